The molecule has 1 saturated heterocycles. The monoisotopic (exact) mass is 472 g/mol. The van der Waals surface area contributed by atoms with Crippen molar-refractivity contribution in [2.75, 3.05) is 32.8 Å². The Hall–Kier alpha value is -3.60. The number of amides is 1. The van der Waals surface area contributed by atoms with Crippen LogP contribution in [0.5, 0.6) is 0 Å². The van der Waals surface area contributed by atoms with Gasteiger partial charge in [0.2, 0.25) is 0 Å². The van der Waals surface area contributed by atoms with Gasteiger partial charge in [-0.25, -0.2) is 4.39 Å². The number of carbonyl (C=O) groups excluding carboxylic acids is 1. The number of benzene rings is 2. The first-order chi connectivity index (χ1) is 17.0. The molecule has 180 valence electrons. The number of rotatable bonds is 7. The highest BCUT2D eigenvalue weighted by molar-refractivity contribution is 5.97. The summed E-state index contributed by atoms with van der Waals surface area (Å²) in [6.45, 7) is 7.15. The van der Waals surface area contributed by atoms with Crippen molar-refractivity contribution in [2.24, 2.45) is 0 Å². The third-order valence-electron chi connectivity index (χ3n) is 6.09. The quantitative estimate of drug-likeness (QED) is 0.547. The minimum absolute atomic E-state index is 0.0604. The van der Waals surface area contributed by atoms with Crippen LogP contribution in [0.2, 0.25) is 0 Å². The number of ether oxygens (including phenoxy) is 1. The molecule has 0 spiro atoms. The fraction of sp³-hybridized carbons (Fsp3) is 0.321. The van der Waals surface area contributed by atoms with E-state index in [9.17, 15) is 14.4 Å². The van der Waals surface area contributed by atoms with Crippen molar-refractivity contribution in [3.63, 3.8) is 0 Å². The number of pyridine rings is 1. The average Bonchev–Trinajstić information content (AvgIpc) is 2.89. The maximum absolute atomic E-state index is 13.4. The van der Waals surface area contributed by atoms with E-state index in [-0.39, 0.29) is 11.9 Å². The molecule has 35 heavy (non-hydrogen) atoms. The van der Waals surface area contributed by atoms with Crippen LogP contribution in [0.4, 0.5) is 4.39 Å². The van der Waals surface area contributed by atoms with Crippen LogP contribution < -0.4 is 5.32 Å². The molecule has 0 aliphatic carbocycles. The van der Waals surface area contributed by atoms with Gasteiger partial charge in [-0.05, 0) is 72.5 Å². The molecule has 4 rings (SSSR count). The summed E-state index contributed by atoms with van der Waals surface area (Å²) in [4.78, 5) is 20.1. The van der Waals surface area contributed by atoms with Crippen molar-refractivity contribution in [3.8, 4) is 28.5 Å². The second kappa shape index (κ2) is 11.2. The van der Waals surface area contributed by atoms with E-state index in [2.05, 4.69) is 21.3 Å². The normalized spacial score (nSPS) is 14.8. The van der Waals surface area contributed by atoms with E-state index in [0.717, 1.165) is 30.8 Å². The van der Waals surface area contributed by atoms with E-state index in [0.29, 0.717) is 46.7 Å². The van der Waals surface area contributed by atoms with E-state index in [1.165, 1.54) is 0 Å². The molecule has 2 aromatic carbocycles. The van der Waals surface area contributed by atoms with Gasteiger partial charge in [0.1, 0.15) is 6.67 Å². The predicted molar refractivity (Wildman–Crippen MR) is 134 cm³/mol. The number of hydrogen-bond donors (Lipinski definition) is 1. The number of aryl methyl sites for hydroxylation is 1. The van der Waals surface area contributed by atoms with Gasteiger partial charge in [-0.15, -0.1) is 0 Å². The zero-order valence-electron chi connectivity index (χ0n) is 20.1. The van der Waals surface area contributed by atoms with Gasteiger partial charge in [-0.2, -0.15) is 5.26 Å². The number of nitrogens with zero attached hydrogens (tertiary/aromatic N) is 3. The maximum Gasteiger partial charge on any atom is 0.251 e. The standard InChI is InChI=1S/C28H29FN4O2/c1-19-3-6-27(31-17-19)24-12-23(26-11-21(15-29)4-5-22(26)16-30)13-25(14-24)28(34)32-20(2)18-33-7-9-35-10-8-33/h3-6,11-14,17,20H,7-10,15,18H2,1-2H3,(H,32,34)/t20-/m1/s1. The average molecular weight is 473 g/mol. The van der Waals surface area contributed by atoms with Gasteiger partial charge >= 0.3 is 0 Å². The first-order valence-electron chi connectivity index (χ1n) is 11.8. The Morgan fingerprint density at radius 2 is 1.94 bits per heavy atom. The van der Waals surface area contributed by atoms with Gasteiger partial charge in [-0.1, -0.05) is 12.1 Å². The molecule has 1 aromatic heterocycles. The van der Waals surface area contributed by atoms with E-state index in [1.807, 2.05) is 38.1 Å². The summed E-state index contributed by atoms with van der Waals surface area (Å²) in [5, 5.41) is 12.8. The first-order valence-corrected chi connectivity index (χ1v) is 11.8. The van der Waals surface area contributed by atoms with E-state index in [1.54, 1.807) is 30.5 Å². The molecule has 2 heterocycles. The zero-order chi connectivity index (χ0) is 24.8. The first kappa shape index (κ1) is 24.5. The summed E-state index contributed by atoms with van der Waals surface area (Å²) >= 11 is 0. The number of alkyl halides is 1. The van der Waals surface area contributed by atoms with Crippen LogP contribution in [-0.4, -0.2) is 54.7 Å². The molecule has 0 saturated carbocycles. The van der Waals surface area contributed by atoms with Crippen LogP contribution >= 0.6 is 0 Å². The summed E-state index contributed by atoms with van der Waals surface area (Å²) in [6.07, 6.45) is 1.77. The van der Waals surface area contributed by atoms with Gasteiger partial charge in [0.05, 0.1) is 30.5 Å². The Bertz CT molecular complexity index is 1230. The van der Waals surface area contributed by atoms with Crippen LogP contribution in [0.3, 0.4) is 0 Å². The largest absolute Gasteiger partial charge is 0.379 e. The van der Waals surface area contributed by atoms with Gasteiger partial charge in [-0.3, -0.25) is 14.7 Å². The van der Waals surface area contributed by atoms with E-state index >= 15 is 0 Å². The fourth-order valence-corrected chi connectivity index (χ4v) is 4.24. The molecule has 0 bridgehead atoms. The molecule has 1 aliphatic heterocycles. The number of nitriles is 1. The molecule has 7 heteroatoms. The zero-order valence-corrected chi connectivity index (χ0v) is 20.1. The molecule has 6 nitrogen and oxygen atoms in total. The van der Waals surface area contributed by atoms with Crippen molar-refractivity contribution < 1.29 is 13.9 Å². The van der Waals surface area contributed by atoms with Crippen LogP contribution in [0.25, 0.3) is 22.4 Å². The summed E-state index contributed by atoms with van der Waals surface area (Å²) in [5.41, 5.74) is 5.11. The maximum atomic E-state index is 13.4. The van der Waals surface area contributed by atoms with Gasteiger partial charge < -0.3 is 10.1 Å². The van der Waals surface area contributed by atoms with Crippen molar-refractivity contribution in [1.82, 2.24) is 15.2 Å². The smallest absolute Gasteiger partial charge is 0.251 e. The number of aromatic nitrogens is 1. The molecule has 1 aliphatic rings. The summed E-state index contributed by atoms with van der Waals surface area (Å²) in [6, 6.07) is 16.3. The summed E-state index contributed by atoms with van der Waals surface area (Å²) < 4.78 is 18.8. The molecule has 1 atom stereocenters. The number of carbonyl (C=O) groups is 1. The van der Waals surface area contributed by atoms with Gasteiger partial charge in [0.15, 0.2) is 0 Å². The fourth-order valence-electron chi connectivity index (χ4n) is 4.24. The SMILES string of the molecule is Cc1ccc(-c2cc(C(=O)N[C@H](C)CN3CCOCC3)cc(-c3cc(CF)ccc3C#N)c2)nc1. The molecular formula is C28H29FN4O2. The Morgan fingerprint density at radius 3 is 2.63 bits per heavy atom. The molecule has 0 radical (unpaired) electrons. The summed E-state index contributed by atoms with van der Waals surface area (Å²) in [5.74, 6) is -0.207. The molecular weight excluding hydrogens is 443 g/mol. The lowest BCUT2D eigenvalue weighted by atomic mass is 9.93. The Balaban J connectivity index is 1.70. The third-order valence-corrected chi connectivity index (χ3v) is 6.09. The molecule has 1 amide bonds. The van der Waals surface area contributed by atoms with E-state index in [4.69, 9.17) is 4.74 Å². The molecule has 0 unspecified atom stereocenters. The third kappa shape index (κ3) is 6.10. The number of nitrogens with one attached hydrogen (secondary N) is 1. The van der Waals surface area contributed by atoms with E-state index < -0.39 is 6.67 Å². The second-order valence-corrected chi connectivity index (χ2v) is 8.93. The Labute approximate surface area is 205 Å². The number of morpholine rings is 1. The van der Waals surface area contributed by atoms with Crippen LogP contribution in [0.1, 0.15) is 34.0 Å². The van der Waals surface area contributed by atoms with Crippen molar-refractivity contribution in [2.45, 2.75) is 26.6 Å². The van der Waals surface area contributed by atoms with Crippen LogP contribution in [0, 0.1) is 18.3 Å². The second-order valence-electron chi connectivity index (χ2n) is 8.93. The lowest BCUT2D eigenvalue weighted by Gasteiger charge is -2.29. The topological polar surface area (TPSA) is 78.3 Å². The van der Waals surface area contributed by atoms with Crippen LogP contribution in [0.15, 0.2) is 54.7 Å². The summed E-state index contributed by atoms with van der Waals surface area (Å²) in [7, 11) is 0. The van der Waals surface area contributed by atoms with Crippen molar-refractivity contribution >= 4 is 5.91 Å². The lowest BCUT2D eigenvalue weighted by Crippen LogP contribution is -2.46. The highest BCUT2D eigenvalue weighted by atomic mass is 19.1. The lowest BCUT2D eigenvalue weighted by molar-refractivity contribution is 0.0342. The minimum atomic E-state index is -0.635. The van der Waals surface area contributed by atoms with Crippen LogP contribution in [-0.2, 0) is 11.4 Å². The number of halogens is 1. The highest BCUT2D eigenvalue weighted by Gasteiger charge is 2.18. The molecule has 3 aromatic rings. The van der Waals surface area contributed by atoms with Crippen molar-refractivity contribution in [1.29, 1.82) is 5.26 Å². The minimum Gasteiger partial charge on any atom is -0.379 e. The van der Waals surface area contributed by atoms with Gasteiger partial charge in [0.25, 0.3) is 5.91 Å². The highest BCUT2D eigenvalue weighted by Crippen LogP contribution is 2.31. The van der Waals surface area contributed by atoms with Crippen molar-refractivity contribution in [3.05, 3.63) is 77.0 Å². The Kier molecular flexibility index (Phi) is 7.86. The van der Waals surface area contributed by atoms with Gasteiger partial charge in [0, 0.05) is 43.0 Å². The Morgan fingerprint density at radius 1 is 1.17 bits per heavy atom. The molecule has 1 N–H and O–H groups in total. The predicted octanol–water partition coefficient (Wildman–Crippen LogP) is 4.52. The molecule has 1 fully saturated rings. The number of hydrogen-bond acceptors (Lipinski definition) is 5.